The van der Waals surface area contributed by atoms with Crippen LogP contribution in [0.15, 0.2) is 16.7 Å². The first-order valence-corrected chi connectivity index (χ1v) is 7.20. The van der Waals surface area contributed by atoms with Crippen molar-refractivity contribution >= 4 is 33.8 Å². The highest BCUT2D eigenvalue weighted by Crippen LogP contribution is 2.20. The molecule has 1 amide bonds. The number of halogens is 1. The summed E-state index contributed by atoms with van der Waals surface area (Å²) in [5, 5.41) is 4.59. The molecule has 8 heteroatoms. The van der Waals surface area contributed by atoms with Crippen LogP contribution in [-0.2, 0) is 11.3 Å². The number of nitrogens with two attached hydrogens (primary N) is 1. The molecule has 0 bridgehead atoms. The van der Waals surface area contributed by atoms with Gasteiger partial charge in [-0.05, 0) is 28.1 Å². The molecule has 0 saturated carbocycles. The lowest BCUT2D eigenvalue weighted by atomic mass is 10.3. The number of carbonyl (C=O) groups is 1. The van der Waals surface area contributed by atoms with E-state index >= 15 is 0 Å². The summed E-state index contributed by atoms with van der Waals surface area (Å²) in [6, 6.07) is 3.88. The van der Waals surface area contributed by atoms with Crippen molar-refractivity contribution in [2.75, 3.05) is 31.1 Å². The summed E-state index contributed by atoms with van der Waals surface area (Å²) >= 11 is 3.48. The molecule has 106 valence electrons. The van der Waals surface area contributed by atoms with Crippen LogP contribution in [0.25, 0.3) is 5.65 Å². The number of fused-ring (bicyclic) bond motifs is 1. The van der Waals surface area contributed by atoms with E-state index in [9.17, 15) is 4.79 Å². The summed E-state index contributed by atoms with van der Waals surface area (Å²) < 4.78 is 2.55. The second kappa shape index (κ2) is 5.37. The summed E-state index contributed by atoms with van der Waals surface area (Å²) in [5.41, 5.74) is 7.21. The molecule has 0 radical (unpaired) electrons. The van der Waals surface area contributed by atoms with Gasteiger partial charge in [-0.3, -0.25) is 4.79 Å². The average Bonchev–Trinajstić information content (AvgIpc) is 2.83. The Kier molecular flexibility index (Phi) is 3.58. The Morgan fingerprint density at radius 1 is 1.30 bits per heavy atom. The molecular formula is C12H15BrN6O. The lowest BCUT2D eigenvalue weighted by Gasteiger charge is -2.33. The number of rotatable bonds is 3. The van der Waals surface area contributed by atoms with Crippen LogP contribution >= 0.6 is 15.9 Å². The minimum Gasteiger partial charge on any atom is -0.352 e. The van der Waals surface area contributed by atoms with Crippen LogP contribution < -0.4 is 10.6 Å². The Labute approximate surface area is 124 Å². The van der Waals surface area contributed by atoms with Gasteiger partial charge in [-0.1, -0.05) is 0 Å². The van der Waals surface area contributed by atoms with E-state index < -0.39 is 0 Å². The van der Waals surface area contributed by atoms with Crippen LogP contribution in [0.5, 0.6) is 0 Å². The molecule has 1 aliphatic rings. The molecule has 0 atom stereocenters. The highest BCUT2D eigenvalue weighted by atomic mass is 79.9. The molecule has 3 rings (SSSR count). The Balaban J connectivity index is 1.89. The maximum absolute atomic E-state index is 10.7. The van der Waals surface area contributed by atoms with Gasteiger partial charge >= 0.3 is 0 Å². The highest BCUT2D eigenvalue weighted by molar-refractivity contribution is 9.10. The number of hydrogen-bond acceptors (Lipinski definition) is 5. The van der Waals surface area contributed by atoms with E-state index in [1.54, 1.807) is 9.42 Å². The van der Waals surface area contributed by atoms with Crippen LogP contribution in [-0.4, -0.2) is 52.1 Å². The SMILES string of the molecule is NCc1nc2ccc(N3CCN(C=O)CC3)nn2c1Br. The third-order valence-electron chi connectivity index (χ3n) is 3.46. The van der Waals surface area contributed by atoms with Crippen molar-refractivity contribution in [3.8, 4) is 0 Å². The Morgan fingerprint density at radius 2 is 2.05 bits per heavy atom. The van der Waals surface area contributed by atoms with Crippen molar-refractivity contribution in [3.63, 3.8) is 0 Å². The summed E-state index contributed by atoms with van der Waals surface area (Å²) in [7, 11) is 0. The maximum Gasteiger partial charge on any atom is 0.209 e. The molecule has 7 nitrogen and oxygen atoms in total. The van der Waals surface area contributed by atoms with E-state index in [2.05, 4.69) is 30.9 Å². The van der Waals surface area contributed by atoms with Gasteiger partial charge in [0.15, 0.2) is 5.65 Å². The first-order valence-electron chi connectivity index (χ1n) is 6.41. The van der Waals surface area contributed by atoms with Gasteiger partial charge in [0.25, 0.3) is 0 Å². The van der Waals surface area contributed by atoms with Crippen molar-refractivity contribution < 1.29 is 4.79 Å². The molecule has 1 fully saturated rings. The Hall–Kier alpha value is -1.67. The largest absolute Gasteiger partial charge is 0.352 e. The van der Waals surface area contributed by atoms with Gasteiger partial charge in [0.2, 0.25) is 6.41 Å². The molecule has 0 spiro atoms. The van der Waals surface area contributed by atoms with Crippen molar-refractivity contribution in [2.45, 2.75) is 6.54 Å². The zero-order valence-electron chi connectivity index (χ0n) is 10.9. The second-order valence-electron chi connectivity index (χ2n) is 4.64. The van der Waals surface area contributed by atoms with Gasteiger partial charge in [0, 0.05) is 32.7 Å². The molecule has 0 aromatic carbocycles. The van der Waals surface area contributed by atoms with Crippen LogP contribution in [0.3, 0.4) is 0 Å². The van der Waals surface area contributed by atoms with Gasteiger partial charge in [-0.15, -0.1) is 5.10 Å². The predicted molar refractivity (Wildman–Crippen MR) is 78.4 cm³/mol. The number of anilines is 1. The number of nitrogens with zero attached hydrogens (tertiary/aromatic N) is 5. The third kappa shape index (κ3) is 2.25. The highest BCUT2D eigenvalue weighted by Gasteiger charge is 2.18. The minimum atomic E-state index is 0.372. The van der Waals surface area contributed by atoms with Crippen LogP contribution in [0.1, 0.15) is 5.69 Å². The van der Waals surface area contributed by atoms with Crippen LogP contribution in [0, 0.1) is 0 Å². The minimum absolute atomic E-state index is 0.372. The van der Waals surface area contributed by atoms with Crippen LogP contribution in [0.4, 0.5) is 5.82 Å². The van der Waals surface area contributed by atoms with Crippen LogP contribution in [0.2, 0.25) is 0 Å². The number of aromatic nitrogens is 3. The van der Waals surface area contributed by atoms with Crippen molar-refractivity contribution in [2.24, 2.45) is 5.73 Å². The summed E-state index contributed by atoms with van der Waals surface area (Å²) in [6.07, 6.45) is 0.897. The first-order chi connectivity index (χ1) is 9.72. The Morgan fingerprint density at radius 3 is 2.70 bits per heavy atom. The van der Waals surface area contributed by atoms with E-state index in [1.807, 2.05) is 12.1 Å². The zero-order valence-corrected chi connectivity index (χ0v) is 12.5. The molecule has 1 aliphatic heterocycles. The summed E-state index contributed by atoms with van der Waals surface area (Å²) in [6.45, 7) is 3.39. The number of hydrogen-bond donors (Lipinski definition) is 1. The second-order valence-corrected chi connectivity index (χ2v) is 5.39. The fourth-order valence-electron chi connectivity index (χ4n) is 2.30. The molecule has 1 saturated heterocycles. The number of imidazole rings is 1. The molecule has 20 heavy (non-hydrogen) atoms. The van der Waals surface area contributed by atoms with Gasteiger partial charge < -0.3 is 15.5 Å². The third-order valence-corrected chi connectivity index (χ3v) is 4.25. The molecule has 3 heterocycles. The summed E-state index contributed by atoms with van der Waals surface area (Å²) in [5.74, 6) is 0.879. The van der Waals surface area contributed by atoms with Crippen molar-refractivity contribution in [3.05, 3.63) is 22.4 Å². The molecule has 0 aliphatic carbocycles. The normalized spacial score (nSPS) is 15.9. The van der Waals surface area contributed by atoms with E-state index in [-0.39, 0.29) is 0 Å². The summed E-state index contributed by atoms with van der Waals surface area (Å²) in [4.78, 5) is 19.1. The average molecular weight is 339 g/mol. The number of piperazine rings is 1. The molecule has 0 unspecified atom stereocenters. The molecule has 2 N–H and O–H groups in total. The topological polar surface area (TPSA) is 79.8 Å². The fraction of sp³-hybridized carbons (Fsp3) is 0.417. The van der Waals surface area contributed by atoms with E-state index in [4.69, 9.17) is 5.73 Å². The van der Waals surface area contributed by atoms with Crippen molar-refractivity contribution in [1.82, 2.24) is 19.5 Å². The maximum atomic E-state index is 10.7. The van der Waals surface area contributed by atoms with E-state index in [0.29, 0.717) is 6.54 Å². The first kappa shape index (κ1) is 13.3. The lowest BCUT2D eigenvalue weighted by molar-refractivity contribution is -0.118. The predicted octanol–water partition coefficient (Wildman–Crippen LogP) is 0.229. The van der Waals surface area contributed by atoms with Crippen molar-refractivity contribution in [1.29, 1.82) is 0 Å². The van der Waals surface area contributed by atoms with Gasteiger partial charge in [0.1, 0.15) is 10.4 Å². The number of carbonyl (C=O) groups excluding carboxylic acids is 1. The molecule has 2 aromatic heterocycles. The Bertz CT molecular complexity index is 634. The van der Waals surface area contributed by atoms with E-state index in [0.717, 1.165) is 54.4 Å². The standard InChI is InChI=1S/C12H15BrN6O/c13-12-9(7-14)15-10-1-2-11(16-19(10)12)18-5-3-17(8-20)4-6-18/h1-2,8H,3-7,14H2. The van der Waals surface area contributed by atoms with Gasteiger partial charge in [-0.25, -0.2) is 9.50 Å². The van der Waals surface area contributed by atoms with Gasteiger partial charge in [0.05, 0.1) is 5.69 Å². The number of amides is 1. The van der Waals surface area contributed by atoms with Gasteiger partial charge in [-0.2, -0.15) is 0 Å². The lowest BCUT2D eigenvalue weighted by Crippen LogP contribution is -2.46. The fourth-order valence-corrected chi connectivity index (χ4v) is 2.81. The van der Waals surface area contributed by atoms with E-state index in [1.165, 1.54) is 0 Å². The quantitative estimate of drug-likeness (QED) is 0.810. The smallest absolute Gasteiger partial charge is 0.209 e. The monoisotopic (exact) mass is 338 g/mol. The zero-order chi connectivity index (χ0) is 14.1. The molecule has 2 aromatic rings. The molecular weight excluding hydrogens is 324 g/mol.